The lowest BCUT2D eigenvalue weighted by molar-refractivity contribution is -0.139. The third kappa shape index (κ3) is 2.70. The zero-order valence-electron chi connectivity index (χ0n) is 8.45. The van der Waals surface area contributed by atoms with E-state index in [9.17, 15) is 9.59 Å². The molecule has 0 aliphatic carbocycles. The van der Waals surface area contributed by atoms with Crippen molar-refractivity contribution >= 4 is 11.8 Å². The minimum Gasteiger partial charge on any atom is -0.355 e. The Morgan fingerprint density at radius 1 is 1.71 bits per heavy atom. The van der Waals surface area contributed by atoms with Crippen molar-refractivity contribution in [2.75, 3.05) is 19.6 Å². The van der Waals surface area contributed by atoms with Gasteiger partial charge in [-0.05, 0) is 19.8 Å². The van der Waals surface area contributed by atoms with Gasteiger partial charge in [-0.25, -0.2) is 0 Å². The van der Waals surface area contributed by atoms with Crippen LogP contribution in [0, 0.1) is 0 Å². The number of amides is 2. The predicted molar refractivity (Wildman–Crippen MR) is 52.5 cm³/mol. The van der Waals surface area contributed by atoms with Crippen LogP contribution in [0.25, 0.3) is 0 Å². The summed E-state index contributed by atoms with van der Waals surface area (Å²) in [6, 6.07) is -0.418. The first-order valence-corrected chi connectivity index (χ1v) is 4.96. The molecule has 80 valence electrons. The number of nitrogens with one attached hydrogen (secondary N) is 1. The van der Waals surface area contributed by atoms with E-state index < -0.39 is 6.04 Å². The number of carbonyl (C=O) groups excluding carboxylic acids is 2. The first kappa shape index (κ1) is 11.0. The fourth-order valence-electron chi connectivity index (χ4n) is 1.55. The van der Waals surface area contributed by atoms with E-state index in [4.69, 9.17) is 5.73 Å². The third-order valence-electron chi connectivity index (χ3n) is 2.28. The number of nitrogens with two attached hydrogens (primary N) is 1. The Bertz CT molecular complexity index is 230. The quantitative estimate of drug-likeness (QED) is 0.616. The standard InChI is InChI=1S/C9H17N3O2/c1-2-11-8(13)6-12-5-3-4-7(10)9(12)14/h7H,2-6,10H2,1H3,(H,11,13). The van der Waals surface area contributed by atoms with Gasteiger partial charge in [0.1, 0.15) is 0 Å². The number of likely N-dealkylation sites (N-methyl/N-ethyl adjacent to an activating group) is 1. The van der Waals surface area contributed by atoms with Crippen molar-refractivity contribution in [3.05, 3.63) is 0 Å². The van der Waals surface area contributed by atoms with Crippen molar-refractivity contribution in [2.45, 2.75) is 25.8 Å². The second kappa shape index (κ2) is 4.95. The van der Waals surface area contributed by atoms with Crippen LogP contribution < -0.4 is 11.1 Å². The van der Waals surface area contributed by atoms with Gasteiger partial charge in [-0.1, -0.05) is 0 Å². The topological polar surface area (TPSA) is 75.4 Å². The fourth-order valence-corrected chi connectivity index (χ4v) is 1.55. The second-order valence-corrected chi connectivity index (χ2v) is 3.46. The zero-order valence-corrected chi connectivity index (χ0v) is 8.45. The Morgan fingerprint density at radius 3 is 3.07 bits per heavy atom. The van der Waals surface area contributed by atoms with Crippen LogP contribution in [0.2, 0.25) is 0 Å². The SMILES string of the molecule is CCNC(=O)CN1CCCC(N)C1=O. The largest absolute Gasteiger partial charge is 0.355 e. The van der Waals surface area contributed by atoms with Crippen molar-refractivity contribution < 1.29 is 9.59 Å². The normalized spacial score (nSPS) is 22.3. The molecule has 0 aromatic carbocycles. The summed E-state index contributed by atoms with van der Waals surface area (Å²) < 4.78 is 0. The highest BCUT2D eigenvalue weighted by Crippen LogP contribution is 2.08. The number of nitrogens with zero attached hydrogens (tertiary/aromatic N) is 1. The molecule has 1 fully saturated rings. The van der Waals surface area contributed by atoms with Gasteiger partial charge in [-0.2, -0.15) is 0 Å². The molecule has 0 saturated carbocycles. The first-order chi connectivity index (χ1) is 6.65. The summed E-state index contributed by atoms with van der Waals surface area (Å²) in [5, 5.41) is 2.65. The molecule has 1 rings (SSSR count). The predicted octanol–water partition coefficient (Wildman–Crippen LogP) is -0.928. The Morgan fingerprint density at radius 2 is 2.43 bits per heavy atom. The number of hydrogen-bond donors (Lipinski definition) is 2. The lowest BCUT2D eigenvalue weighted by atomic mass is 10.1. The molecule has 5 heteroatoms. The van der Waals surface area contributed by atoms with E-state index in [2.05, 4.69) is 5.32 Å². The Kier molecular flexibility index (Phi) is 3.88. The van der Waals surface area contributed by atoms with Crippen LogP contribution in [0.5, 0.6) is 0 Å². The molecule has 14 heavy (non-hydrogen) atoms. The molecule has 1 saturated heterocycles. The van der Waals surface area contributed by atoms with Gasteiger partial charge in [-0.15, -0.1) is 0 Å². The summed E-state index contributed by atoms with van der Waals surface area (Å²) in [6.45, 7) is 3.22. The molecule has 0 aromatic heterocycles. The zero-order chi connectivity index (χ0) is 10.6. The number of carbonyl (C=O) groups is 2. The van der Waals surface area contributed by atoms with Crippen LogP contribution >= 0.6 is 0 Å². The maximum atomic E-state index is 11.5. The van der Waals surface area contributed by atoms with Crippen molar-refractivity contribution in [1.29, 1.82) is 0 Å². The monoisotopic (exact) mass is 199 g/mol. The first-order valence-electron chi connectivity index (χ1n) is 4.96. The van der Waals surface area contributed by atoms with Crippen molar-refractivity contribution in [2.24, 2.45) is 5.73 Å². The second-order valence-electron chi connectivity index (χ2n) is 3.46. The maximum absolute atomic E-state index is 11.5. The Labute approximate surface area is 83.6 Å². The molecular formula is C9H17N3O2. The van der Waals surface area contributed by atoms with Gasteiger partial charge in [0.25, 0.3) is 0 Å². The molecule has 3 N–H and O–H groups in total. The average molecular weight is 199 g/mol. The molecule has 2 amide bonds. The molecule has 1 aliphatic rings. The summed E-state index contributed by atoms with van der Waals surface area (Å²) in [5.74, 6) is -0.225. The molecule has 0 radical (unpaired) electrons. The number of likely N-dealkylation sites (tertiary alicyclic amines) is 1. The van der Waals surface area contributed by atoms with Crippen LogP contribution in [-0.2, 0) is 9.59 Å². The number of rotatable bonds is 3. The van der Waals surface area contributed by atoms with Crippen LogP contribution in [0.3, 0.4) is 0 Å². The molecule has 1 aliphatic heterocycles. The lowest BCUT2D eigenvalue weighted by Gasteiger charge is -2.29. The molecule has 1 atom stereocenters. The van der Waals surface area contributed by atoms with Crippen LogP contribution in [0.1, 0.15) is 19.8 Å². The van der Waals surface area contributed by atoms with E-state index in [1.54, 1.807) is 0 Å². The number of piperidine rings is 1. The Hall–Kier alpha value is -1.10. The average Bonchev–Trinajstić information content (AvgIpc) is 2.13. The van der Waals surface area contributed by atoms with Gasteiger partial charge in [0.15, 0.2) is 0 Å². The van der Waals surface area contributed by atoms with Crippen molar-refractivity contribution in [3.63, 3.8) is 0 Å². The van der Waals surface area contributed by atoms with Crippen molar-refractivity contribution in [3.8, 4) is 0 Å². The molecule has 5 nitrogen and oxygen atoms in total. The molecule has 0 aromatic rings. The molecule has 0 spiro atoms. The lowest BCUT2D eigenvalue weighted by Crippen LogP contribution is -2.51. The summed E-state index contributed by atoms with van der Waals surface area (Å²) >= 11 is 0. The highest BCUT2D eigenvalue weighted by Gasteiger charge is 2.26. The highest BCUT2D eigenvalue weighted by molar-refractivity contribution is 5.87. The van der Waals surface area contributed by atoms with Gasteiger partial charge in [0.05, 0.1) is 12.6 Å². The maximum Gasteiger partial charge on any atom is 0.239 e. The van der Waals surface area contributed by atoms with Gasteiger partial charge in [-0.3, -0.25) is 9.59 Å². The summed E-state index contributed by atoms with van der Waals surface area (Å²) in [7, 11) is 0. The van der Waals surface area contributed by atoms with Gasteiger partial charge < -0.3 is 16.0 Å². The minimum atomic E-state index is -0.418. The summed E-state index contributed by atoms with van der Waals surface area (Å²) in [6.07, 6.45) is 1.61. The van der Waals surface area contributed by atoms with Crippen LogP contribution in [0.4, 0.5) is 0 Å². The van der Waals surface area contributed by atoms with E-state index in [0.717, 1.165) is 12.8 Å². The number of hydrogen-bond acceptors (Lipinski definition) is 3. The molecule has 1 unspecified atom stereocenters. The van der Waals surface area contributed by atoms with E-state index in [1.165, 1.54) is 4.90 Å². The van der Waals surface area contributed by atoms with E-state index in [-0.39, 0.29) is 18.4 Å². The Balaban J connectivity index is 2.43. The van der Waals surface area contributed by atoms with Gasteiger partial charge >= 0.3 is 0 Å². The molecular weight excluding hydrogens is 182 g/mol. The van der Waals surface area contributed by atoms with Gasteiger partial charge in [0.2, 0.25) is 11.8 Å². The molecule has 1 heterocycles. The van der Waals surface area contributed by atoms with E-state index in [1.807, 2.05) is 6.92 Å². The summed E-state index contributed by atoms with van der Waals surface area (Å²) in [5.41, 5.74) is 5.60. The molecule has 0 bridgehead atoms. The summed E-state index contributed by atoms with van der Waals surface area (Å²) in [4.78, 5) is 24.2. The van der Waals surface area contributed by atoms with Crippen LogP contribution in [0.15, 0.2) is 0 Å². The third-order valence-corrected chi connectivity index (χ3v) is 2.28. The minimum absolute atomic E-state index is 0.109. The smallest absolute Gasteiger partial charge is 0.239 e. The van der Waals surface area contributed by atoms with Gasteiger partial charge in [0, 0.05) is 13.1 Å². The fraction of sp³-hybridized carbons (Fsp3) is 0.778. The van der Waals surface area contributed by atoms with Crippen LogP contribution in [-0.4, -0.2) is 42.4 Å². The van der Waals surface area contributed by atoms with Crippen molar-refractivity contribution in [1.82, 2.24) is 10.2 Å². The van der Waals surface area contributed by atoms with E-state index in [0.29, 0.717) is 13.1 Å². The highest BCUT2D eigenvalue weighted by atomic mass is 16.2. The van der Waals surface area contributed by atoms with E-state index >= 15 is 0 Å².